The van der Waals surface area contributed by atoms with Crippen molar-refractivity contribution in [2.45, 2.75) is 25.8 Å². The molecule has 3 rings (SSSR count). The number of carbonyl (C=O) groups excluding carboxylic acids is 1. The van der Waals surface area contributed by atoms with E-state index in [0.29, 0.717) is 11.4 Å². The van der Waals surface area contributed by atoms with Crippen LogP contribution in [0.4, 0.5) is 0 Å². The number of likely N-dealkylation sites (tertiary alicyclic amines) is 1. The van der Waals surface area contributed by atoms with E-state index in [2.05, 4.69) is 20.3 Å². The molecule has 0 spiro atoms. The molecule has 0 aromatic carbocycles. The van der Waals surface area contributed by atoms with Crippen LogP contribution >= 0.6 is 0 Å². The third kappa shape index (κ3) is 3.51. The number of nitrogens with zero attached hydrogens (tertiary/aromatic N) is 4. The van der Waals surface area contributed by atoms with Crippen LogP contribution in [0.25, 0.3) is 5.82 Å². The SMILES string of the molecule is CC(CN1CCCC1)NC(=O)c1ccc(-n2cccn2)nc1. The molecule has 1 amide bonds. The largest absolute Gasteiger partial charge is 0.348 e. The second-order valence-corrected chi connectivity index (χ2v) is 5.74. The average Bonchev–Trinajstić information content (AvgIpc) is 3.20. The highest BCUT2D eigenvalue weighted by atomic mass is 16.1. The molecule has 22 heavy (non-hydrogen) atoms. The van der Waals surface area contributed by atoms with Crippen LogP contribution in [0.2, 0.25) is 0 Å². The molecule has 6 nitrogen and oxygen atoms in total. The summed E-state index contributed by atoms with van der Waals surface area (Å²) in [5.74, 6) is 0.623. The van der Waals surface area contributed by atoms with Crippen molar-refractivity contribution in [3.63, 3.8) is 0 Å². The molecule has 0 radical (unpaired) electrons. The van der Waals surface area contributed by atoms with Gasteiger partial charge in [0.05, 0.1) is 5.56 Å². The van der Waals surface area contributed by atoms with E-state index in [-0.39, 0.29) is 11.9 Å². The van der Waals surface area contributed by atoms with E-state index in [0.717, 1.165) is 19.6 Å². The third-order valence-corrected chi connectivity index (χ3v) is 3.86. The summed E-state index contributed by atoms with van der Waals surface area (Å²) in [6.07, 6.45) is 7.64. The summed E-state index contributed by atoms with van der Waals surface area (Å²) in [7, 11) is 0. The summed E-state index contributed by atoms with van der Waals surface area (Å²) in [6.45, 7) is 5.23. The second-order valence-electron chi connectivity index (χ2n) is 5.74. The van der Waals surface area contributed by atoms with Crippen LogP contribution in [0.3, 0.4) is 0 Å². The Morgan fingerprint density at radius 2 is 2.18 bits per heavy atom. The highest BCUT2D eigenvalue weighted by Gasteiger charge is 2.16. The molecule has 116 valence electrons. The Bertz CT molecular complexity index is 602. The summed E-state index contributed by atoms with van der Waals surface area (Å²) in [4.78, 5) is 18.9. The van der Waals surface area contributed by atoms with Crippen LogP contribution in [0.1, 0.15) is 30.1 Å². The van der Waals surface area contributed by atoms with Gasteiger partial charge in [-0.3, -0.25) is 4.79 Å². The summed E-state index contributed by atoms with van der Waals surface area (Å²) < 4.78 is 1.66. The fourth-order valence-electron chi connectivity index (χ4n) is 2.77. The standard InChI is InChI=1S/C16H21N5O/c1-13(12-20-8-2-3-9-20)19-16(22)14-5-6-15(17-11-14)21-10-4-7-18-21/h4-7,10-11,13H,2-3,8-9,12H2,1H3,(H,19,22). The van der Waals surface area contributed by atoms with Crippen LogP contribution < -0.4 is 5.32 Å². The van der Waals surface area contributed by atoms with Gasteiger partial charge in [-0.25, -0.2) is 9.67 Å². The van der Waals surface area contributed by atoms with Crippen molar-refractivity contribution < 1.29 is 4.79 Å². The molecule has 1 fully saturated rings. The zero-order valence-electron chi connectivity index (χ0n) is 12.8. The highest BCUT2D eigenvalue weighted by Crippen LogP contribution is 2.08. The zero-order chi connectivity index (χ0) is 15.4. The monoisotopic (exact) mass is 299 g/mol. The van der Waals surface area contributed by atoms with Crippen LogP contribution in [-0.2, 0) is 0 Å². The van der Waals surface area contributed by atoms with Crippen LogP contribution in [-0.4, -0.2) is 51.2 Å². The molecule has 0 bridgehead atoms. The summed E-state index contributed by atoms with van der Waals surface area (Å²) >= 11 is 0. The van der Waals surface area contributed by atoms with Gasteiger partial charge in [0.1, 0.15) is 0 Å². The highest BCUT2D eigenvalue weighted by molar-refractivity contribution is 5.94. The first kappa shape index (κ1) is 14.7. The normalized spacial score (nSPS) is 16.6. The Balaban J connectivity index is 1.57. The lowest BCUT2D eigenvalue weighted by molar-refractivity contribution is 0.0931. The maximum Gasteiger partial charge on any atom is 0.253 e. The lowest BCUT2D eigenvalue weighted by Crippen LogP contribution is -2.41. The van der Waals surface area contributed by atoms with Gasteiger partial charge in [0.25, 0.3) is 5.91 Å². The number of aromatic nitrogens is 3. The Labute approximate surface area is 130 Å². The number of pyridine rings is 1. The topological polar surface area (TPSA) is 63.1 Å². The Hall–Kier alpha value is -2.21. The maximum atomic E-state index is 12.2. The summed E-state index contributed by atoms with van der Waals surface area (Å²) in [5, 5.41) is 7.15. The van der Waals surface area contributed by atoms with Gasteiger partial charge in [-0.15, -0.1) is 0 Å². The number of amides is 1. The fourth-order valence-corrected chi connectivity index (χ4v) is 2.77. The van der Waals surface area contributed by atoms with Crippen molar-refractivity contribution in [2.24, 2.45) is 0 Å². The van der Waals surface area contributed by atoms with Crippen LogP contribution in [0, 0.1) is 0 Å². The van der Waals surface area contributed by atoms with Crippen molar-refractivity contribution in [1.82, 2.24) is 25.0 Å². The van der Waals surface area contributed by atoms with E-state index >= 15 is 0 Å². The quantitative estimate of drug-likeness (QED) is 0.908. The molecule has 0 saturated carbocycles. The van der Waals surface area contributed by atoms with Crippen molar-refractivity contribution in [3.05, 3.63) is 42.4 Å². The van der Waals surface area contributed by atoms with Gasteiger partial charge in [0, 0.05) is 31.2 Å². The predicted molar refractivity (Wildman–Crippen MR) is 84.0 cm³/mol. The number of hydrogen-bond acceptors (Lipinski definition) is 4. The van der Waals surface area contributed by atoms with E-state index in [1.165, 1.54) is 12.8 Å². The van der Waals surface area contributed by atoms with Crippen LogP contribution in [0.5, 0.6) is 0 Å². The van der Waals surface area contributed by atoms with Crippen molar-refractivity contribution in [3.8, 4) is 5.82 Å². The smallest absolute Gasteiger partial charge is 0.253 e. The average molecular weight is 299 g/mol. The minimum absolute atomic E-state index is 0.0776. The minimum Gasteiger partial charge on any atom is -0.348 e. The lowest BCUT2D eigenvalue weighted by atomic mass is 10.2. The first-order chi connectivity index (χ1) is 10.7. The van der Waals surface area contributed by atoms with Gasteiger partial charge in [-0.1, -0.05) is 0 Å². The molecule has 3 heterocycles. The predicted octanol–water partition coefficient (Wildman–Crippen LogP) is 1.48. The second kappa shape index (κ2) is 6.70. The summed E-state index contributed by atoms with van der Waals surface area (Å²) in [5.41, 5.74) is 0.573. The number of nitrogens with one attached hydrogen (secondary N) is 1. The van der Waals surface area contributed by atoms with E-state index in [9.17, 15) is 4.79 Å². The van der Waals surface area contributed by atoms with Gasteiger partial charge in [0.15, 0.2) is 5.82 Å². The number of rotatable bonds is 5. The fraction of sp³-hybridized carbons (Fsp3) is 0.438. The van der Waals surface area contributed by atoms with E-state index in [4.69, 9.17) is 0 Å². The van der Waals surface area contributed by atoms with E-state index < -0.39 is 0 Å². The minimum atomic E-state index is -0.0776. The number of carbonyl (C=O) groups is 1. The maximum absolute atomic E-state index is 12.2. The molecule has 0 aliphatic carbocycles. The molecule has 1 saturated heterocycles. The van der Waals surface area contributed by atoms with Crippen molar-refractivity contribution in [1.29, 1.82) is 0 Å². The van der Waals surface area contributed by atoms with Gasteiger partial charge in [0.2, 0.25) is 0 Å². The van der Waals surface area contributed by atoms with Gasteiger partial charge in [-0.05, 0) is 51.1 Å². The molecule has 6 heteroatoms. The molecule has 1 aliphatic heterocycles. The van der Waals surface area contributed by atoms with Gasteiger partial charge < -0.3 is 10.2 Å². The van der Waals surface area contributed by atoms with E-state index in [1.54, 1.807) is 29.2 Å². The molecule has 1 atom stereocenters. The molecule has 1 unspecified atom stereocenters. The van der Waals surface area contributed by atoms with Crippen molar-refractivity contribution in [2.75, 3.05) is 19.6 Å². The molecular weight excluding hydrogens is 278 g/mol. The number of hydrogen-bond donors (Lipinski definition) is 1. The Morgan fingerprint density at radius 3 is 2.82 bits per heavy atom. The summed E-state index contributed by atoms with van der Waals surface area (Å²) in [6, 6.07) is 5.55. The Morgan fingerprint density at radius 1 is 1.36 bits per heavy atom. The molecular formula is C16H21N5O. The first-order valence-corrected chi connectivity index (χ1v) is 7.71. The molecule has 2 aromatic rings. The van der Waals surface area contributed by atoms with Crippen molar-refractivity contribution >= 4 is 5.91 Å². The third-order valence-electron chi connectivity index (χ3n) is 3.86. The first-order valence-electron chi connectivity index (χ1n) is 7.71. The molecule has 2 aromatic heterocycles. The molecule has 1 aliphatic rings. The molecule has 1 N–H and O–H groups in total. The van der Waals surface area contributed by atoms with E-state index in [1.807, 2.05) is 19.2 Å². The zero-order valence-corrected chi connectivity index (χ0v) is 12.8. The van der Waals surface area contributed by atoms with Crippen LogP contribution in [0.15, 0.2) is 36.8 Å². The van der Waals surface area contributed by atoms with Gasteiger partial charge >= 0.3 is 0 Å². The lowest BCUT2D eigenvalue weighted by Gasteiger charge is -2.21. The van der Waals surface area contributed by atoms with Gasteiger partial charge in [-0.2, -0.15) is 5.10 Å². The Kier molecular flexibility index (Phi) is 4.48.